The predicted octanol–water partition coefficient (Wildman–Crippen LogP) is 2.52. The quantitative estimate of drug-likeness (QED) is 0.820. The van der Waals surface area contributed by atoms with E-state index in [2.05, 4.69) is 63.3 Å². The molecule has 0 bridgehead atoms. The molecule has 1 atom stereocenters. The van der Waals surface area contributed by atoms with Crippen molar-refractivity contribution in [3.63, 3.8) is 0 Å². The molecule has 0 spiro atoms. The summed E-state index contributed by atoms with van der Waals surface area (Å²) in [6.07, 6.45) is 0. The van der Waals surface area contributed by atoms with E-state index in [0.717, 1.165) is 13.1 Å². The first-order valence-corrected chi connectivity index (χ1v) is 5.99. The van der Waals surface area contributed by atoms with Crippen LogP contribution in [-0.4, -0.2) is 32.1 Å². The lowest BCUT2D eigenvalue weighted by Gasteiger charge is -2.24. The van der Waals surface area contributed by atoms with Crippen molar-refractivity contribution < 1.29 is 0 Å². The van der Waals surface area contributed by atoms with Crippen LogP contribution in [0.2, 0.25) is 0 Å². The maximum atomic E-state index is 3.55. The van der Waals surface area contributed by atoms with Gasteiger partial charge in [-0.15, -0.1) is 0 Å². The van der Waals surface area contributed by atoms with Gasteiger partial charge in [0.1, 0.15) is 0 Å². The Hall–Kier alpha value is -0.860. The van der Waals surface area contributed by atoms with Crippen LogP contribution in [0.25, 0.3) is 0 Å². The molecule has 0 amide bonds. The molecule has 0 fully saturated rings. The van der Waals surface area contributed by atoms with Gasteiger partial charge in [-0.05, 0) is 45.6 Å². The van der Waals surface area contributed by atoms with Crippen molar-refractivity contribution in [1.29, 1.82) is 0 Å². The Morgan fingerprint density at radius 3 is 2.44 bits per heavy atom. The number of nitrogens with one attached hydrogen (secondary N) is 1. The summed E-state index contributed by atoms with van der Waals surface area (Å²) in [5, 5.41) is 3.55. The Labute approximate surface area is 99.7 Å². The van der Waals surface area contributed by atoms with E-state index in [-0.39, 0.29) is 0 Å². The van der Waals surface area contributed by atoms with Crippen molar-refractivity contribution in [3.05, 3.63) is 34.9 Å². The van der Waals surface area contributed by atoms with Gasteiger partial charge in [-0.2, -0.15) is 0 Å². The molecule has 0 aliphatic carbocycles. The van der Waals surface area contributed by atoms with E-state index in [1.54, 1.807) is 0 Å². The number of rotatable bonds is 5. The molecule has 2 heteroatoms. The van der Waals surface area contributed by atoms with E-state index in [0.29, 0.717) is 6.04 Å². The summed E-state index contributed by atoms with van der Waals surface area (Å²) < 4.78 is 0. The van der Waals surface area contributed by atoms with E-state index < -0.39 is 0 Å². The molecule has 1 N–H and O–H groups in total. The Morgan fingerprint density at radius 1 is 1.25 bits per heavy atom. The van der Waals surface area contributed by atoms with Gasteiger partial charge in [0, 0.05) is 12.6 Å². The summed E-state index contributed by atoms with van der Waals surface area (Å²) in [7, 11) is 4.24. The zero-order valence-corrected chi connectivity index (χ0v) is 11.2. The Morgan fingerprint density at radius 2 is 1.94 bits per heavy atom. The van der Waals surface area contributed by atoms with Gasteiger partial charge >= 0.3 is 0 Å². The smallest absolute Gasteiger partial charge is 0.0451 e. The highest BCUT2D eigenvalue weighted by atomic mass is 15.1. The second kappa shape index (κ2) is 6.02. The van der Waals surface area contributed by atoms with E-state index in [1.807, 2.05) is 0 Å². The first kappa shape index (κ1) is 13.2. The summed E-state index contributed by atoms with van der Waals surface area (Å²) in [5.74, 6) is 0. The van der Waals surface area contributed by atoms with Crippen molar-refractivity contribution in [2.45, 2.75) is 26.8 Å². The molecule has 0 aromatic heterocycles. The highest BCUT2D eigenvalue weighted by Crippen LogP contribution is 2.19. The highest BCUT2D eigenvalue weighted by molar-refractivity contribution is 5.33. The molecule has 0 aliphatic rings. The van der Waals surface area contributed by atoms with Crippen LogP contribution in [0.1, 0.15) is 29.7 Å². The molecule has 0 heterocycles. The number of aryl methyl sites for hydroxylation is 2. The molecule has 90 valence electrons. The fourth-order valence-corrected chi connectivity index (χ4v) is 2.10. The SMILES string of the molecule is CCNC(CN(C)C)c1ccc(C)cc1C. The standard InChI is InChI=1S/C14H24N2/c1-6-15-14(10-16(4)5)13-8-7-11(2)9-12(13)3/h7-9,14-15H,6,10H2,1-5H3. The molecule has 0 radical (unpaired) electrons. The zero-order chi connectivity index (χ0) is 12.1. The van der Waals surface area contributed by atoms with Crippen molar-refractivity contribution >= 4 is 0 Å². The van der Waals surface area contributed by atoms with E-state index in [4.69, 9.17) is 0 Å². The van der Waals surface area contributed by atoms with E-state index in [9.17, 15) is 0 Å². The van der Waals surface area contributed by atoms with Gasteiger partial charge in [0.2, 0.25) is 0 Å². The van der Waals surface area contributed by atoms with Gasteiger partial charge in [-0.25, -0.2) is 0 Å². The monoisotopic (exact) mass is 220 g/mol. The van der Waals surface area contributed by atoms with Crippen LogP contribution in [0.4, 0.5) is 0 Å². The summed E-state index contributed by atoms with van der Waals surface area (Å²) >= 11 is 0. The third kappa shape index (κ3) is 3.62. The molecular weight excluding hydrogens is 196 g/mol. The third-order valence-electron chi connectivity index (χ3n) is 2.80. The topological polar surface area (TPSA) is 15.3 Å². The fourth-order valence-electron chi connectivity index (χ4n) is 2.10. The largest absolute Gasteiger partial charge is 0.309 e. The normalized spacial score (nSPS) is 13.1. The van der Waals surface area contributed by atoms with Crippen LogP contribution in [0, 0.1) is 13.8 Å². The van der Waals surface area contributed by atoms with Crippen molar-refractivity contribution in [1.82, 2.24) is 10.2 Å². The van der Waals surface area contributed by atoms with Crippen LogP contribution < -0.4 is 5.32 Å². The van der Waals surface area contributed by atoms with Gasteiger partial charge < -0.3 is 10.2 Å². The van der Waals surface area contributed by atoms with Crippen molar-refractivity contribution in [2.75, 3.05) is 27.2 Å². The molecule has 0 saturated carbocycles. The van der Waals surface area contributed by atoms with Gasteiger partial charge in [-0.1, -0.05) is 30.7 Å². The van der Waals surface area contributed by atoms with Crippen LogP contribution in [0.5, 0.6) is 0 Å². The fraction of sp³-hybridized carbons (Fsp3) is 0.571. The van der Waals surface area contributed by atoms with Crippen LogP contribution >= 0.6 is 0 Å². The second-order valence-corrected chi connectivity index (χ2v) is 4.73. The molecule has 16 heavy (non-hydrogen) atoms. The lowest BCUT2D eigenvalue weighted by Crippen LogP contribution is -2.31. The summed E-state index contributed by atoms with van der Waals surface area (Å²) in [6, 6.07) is 7.14. The minimum atomic E-state index is 0.431. The van der Waals surface area contributed by atoms with E-state index in [1.165, 1.54) is 16.7 Å². The van der Waals surface area contributed by atoms with Crippen LogP contribution in [0.3, 0.4) is 0 Å². The molecule has 1 aromatic rings. The lowest BCUT2D eigenvalue weighted by atomic mass is 9.99. The first-order chi connectivity index (χ1) is 7.54. The minimum absolute atomic E-state index is 0.431. The summed E-state index contributed by atoms with van der Waals surface area (Å²) in [6.45, 7) is 8.54. The average Bonchev–Trinajstić information content (AvgIpc) is 2.16. The van der Waals surface area contributed by atoms with Crippen LogP contribution in [-0.2, 0) is 0 Å². The minimum Gasteiger partial charge on any atom is -0.309 e. The van der Waals surface area contributed by atoms with Gasteiger partial charge in [0.25, 0.3) is 0 Å². The number of hydrogen-bond donors (Lipinski definition) is 1. The molecule has 0 aliphatic heterocycles. The molecular formula is C14H24N2. The highest BCUT2D eigenvalue weighted by Gasteiger charge is 2.13. The summed E-state index contributed by atoms with van der Waals surface area (Å²) in [4.78, 5) is 2.23. The van der Waals surface area contributed by atoms with E-state index >= 15 is 0 Å². The average molecular weight is 220 g/mol. The lowest BCUT2D eigenvalue weighted by molar-refractivity contribution is 0.344. The number of nitrogens with zero attached hydrogens (tertiary/aromatic N) is 1. The van der Waals surface area contributed by atoms with Gasteiger partial charge in [0.15, 0.2) is 0 Å². The first-order valence-electron chi connectivity index (χ1n) is 5.99. The number of hydrogen-bond acceptors (Lipinski definition) is 2. The number of benzene rings is 1. The molecule has 2 nitrogen and oxygen atoms in total. The Bertz CT molecular complexity index is 332. The van der Waals surface area contributed by atoms with Gasteiger partial charge in [-0.3, -0.25) is 0 Å². The maximum Gasteiger partial charge on any atom is 0.0451 e. The molecule has 1 aromatic carbocycles. The van der Waals surface area contributed by atoms with Gasteiger partial charge in [0.05, 0.1) is 0 Å². The number of likely N-dealkylation sites (N-methyl/N-ethyl adjacent to an activating group) is 2. The molecule has 0 saturated heterocycles. The predicted molar refractivity (Wildman–Crippen MR) is 70.9 cm³/mol. The molecule has 1 rings (SSSR count). The Kier molecular flexibility index (Phi) is 4.97. The third-order valence-corrected chi connectivity index (χ3v) is 2.80. The molecule has 1 unspecified atom stereocenters. The van der Waals surface area contributed by atoms with Crippen LogP contribution in [0.15, 0.2) is 18.2 Å². The van der Waals surface area contributed by atoms with Crippen molar-refractivity contribution in [3.8, 4) is 0 Å². The van der Waals surface area contributed by atoms with Crippen molar-refractivity contribution in [2.24, 2.45) is 0 Å². The second-order valence-electron chi connectivity index (χ2n) is 4.73. The maximum absolute atomic E-state index is 3.55. The Balaban J connectivity index is 2.91. The summed E-state index contributed by atoms with van der Waals surface area (Å²) in [5.41, 5.74) is 4.13. The zero-order valence-electron chi connectivity index (χ0n) is 11.2.